The fourth-order valence-electron chi connectivity index (χ4n) is 4.12. The zero-order chi connectivity index (χ0) is 22.5. The molecule has 3 aromatic rings. The molecule has 6 heteroatoms. The highest BCUT2D eigenvalue weighted by Crippen LogP contribution is 2.27. The molecule has 0 atom stereocenters. The van der Waals surface area contributed by atoms with Crippen molar-refractivity contribution in [2.24, 2.45) is 0 Å². The third kappa shape index (κ3) is 5.23. The molecule has 0 aliphatic carbocycles. The van der Waals surface area contributed by atoms with E-state index in [0.29, 0.717) is 19.4 Å². The molecule has 0 spiro atoms. The molecule has 0 unspecified atom stereocenters. The molecule has 32 heavy (non-hydrogen) atoms. The van der Waals surface area contributed by atoms with E-state index in [1.165, 1.54) is 16.5 Å². The van der Waals surface area contributed by atoms with Crippen molar-refractivity contribution >= 4 is 38.6 Å². The number of aromatic nitrogens is 1. The average Bonchev–Trinajstić information content (AvgIpc) is 2.82. The lowest BCUT2D eigenvalue weighted by Gasteiger charge is -2.35. The predicted octanol–water partition coefficient (Wildman–Crippen LogP) is 5.38. The number of amides is 1. The van der Waals surface area contributed by atoms with Gasteiger partial charge >= 0.3 is 0 Å². The third-order valence-electron chi connectivity index (χ3n) is 6.06. The molecule has 0 radical (unpaired) electrons. The Hall–Kier alpha value is -2.60. The van der Waals surface area contributed by atoms with Crippen LogP contribution >= 0.6 is 15.9 Å². The van der Waals surface area contributed by atoms with Crippen LogP contribution in [0.25, 0.3) is 10.9 Å². The number of pyridine rings is 1. The lowest BCUT2D eigenvalue weighted by atomic mass is 10.1. The van der Waals surface area contributed by atoms with Crippen molar-refractivity contribution in [2.45, 2.75) is 33.1 Å². The number of rotatable bonds is 7. The van der Waals surface area contributed by atoms with Crippen molar-refractivity contribution in [3.63, 3.8) is 0 Å². The first-order chi connectivity index (χ1) is 15.5. The van der Waals surface area contributed by atoms with Crippen LogP contribution in [0.1, 0.15) is 30.9 Å². The van der Waals surface area contributed by atoms with E-state index in [-0.39, 0.29) is 5.91 Å². The number of fused-ring (bicyclic) bond motifs is 1. The number of hydrogen-bond donors (Lipinski definition) is 0. The number of anilines is 1. The van der Waals surface area contributed by atoms with Gasteiger partial charge in [0.1, 0.15) is 11.6 Å². The number of carbonyl (C=O) groups excluding carboxylic acids is 1. The summed E-state index contributed by atoms with van der Waals surface area (Å²) in [5.74, 6) is 2.04. The van der Waals surface area contributed by atoms with E-state index in [4.69, 9.17) is 9.72 Å². The van der Waals surface area contributed by atoms with Gasteiger partial charge in [0.15, 0.2) is 0 Å². The molecule has 1 aliphatic heterocycles. The second-order valence-electron chi connectivity index (χ2n) is 8.25. The highest BCUT2D eigenvalue weighted by Gasteiger charge is 2.22. The first kappa shape index (κ1) is 22.6. The molecule has 4 rings (SSSR count). The van der Waals surface area contributed by atoms with Gasteiger partial charge in [-0.3, -0.25) is 4.79 Å². The minimum atomic E-state index is 0.205. The van der Waals surface area contributed by atoms with Crippen LogP contribution in [0.3, 0.4) is 0 Å². The fraction of sp³-hybridized carbons (Fsp3) is 0.385. The predicted molar refractivity (Wildman–Crippen MR) is 134 cm³/mol. The molecule has 1 saturated heterocycles. The Morgan fingerprint density at radius 2 is 1.88 bits per heavy atom. The lowest BCUT2D eigenvalue weighted by Crippen LogP contribution is -2.49. The summed E-state index contributed by atoms with van der Waals surface area (Å²) in [5, 5.41) is 1.20. The van der Waals surface area contributed by atoms with Crippen molar-refractivity contribution in [2.75, 3.05) is 37.7 Å². The van der Waals surface area contributed by atoms with Crippen molar-refractivity contribution < 1.29 is 9.53 Å². The van der Waals surface area contributed by atoms with Gasteiger partial charge in [-0.25, -0.2) is 4.98 Å². The van der Waals surface area contributed by atoms with Gasteiger partial charge in [0, 0.05) is 38.0 Å². The minimum absolute atomic E-state index is 0.205. The monoisotopic (exact) mass is 495 g/mol. The molecule has 1 fully saturated rings. The van der Waals surface area contributed by atoms with E-state index >= 15 is 0 Å². The van der Waals surface area contributed by atoms with Crippen LogP contribution in [0.15, 0.2) is 53.0 Å². The normalized spacial score (nSPS) is 14.1. The highest BCUT2D eigenvalue weighted by molar-refractivity contribution is 9.10. The van der Waals surface area contributed by atoms with Gasteiger partial charge in [-0.15, -0.1) is 0 Å². The maximum Gasteiger partial charge on any atom is 0.222 e. The summed E-state index contributed by atoms with van der Waals surface area (Å²) in [4.78, 5) is 21.7. The minimum Gasteiger partial charge on any atom is -0.492 e. The second-order valence-corrected chi connectivity index (χ2v) is 9.11. The Morgan fingerprint density at radius 3 is 2.62 bits per heavy atom. The van der Waals surface area contributed by atoms with Gasteiger partial charge in [-0.05, 0) is 71.1 Å². The van der Waals surface area contributed by atoms with E-state index in [1.807, 2.05) is 23.1 Å². The average molecular weight is 496 g/mol. The fourth-order valence-corrected chi connectivity index (χ4v) is 4.66. The van der Waals surface area contributed by atoms with Crippen molar-refractivity contribution in [3.05, 3.63) is 64.1 Å². The number of carbonyl (C=O) groups is 1. The van der Waals surface area contributed by atoms with E-state index in [9.17, 15) is 4.79 Å². The van der Waals surface area contributed by atoms with Crippen LogP contribution in [0.4, 0.5) is 5.82 Å². The molecule has 168 valence electrons. The van der Waals surface area contributed by atoms with Crippen LogP contribution < -0.4 is 9.64 Å². The molecule has 2 heterocycles. The van der Waals surface area contributed by atoms with Crippen molar-refractivity contribution in [1.29, 1.82) is 0 Å². The van der Waals surface area contributed by atoms with E-state index in [2.05, 4.69) is 65.0 Å². The Balaban J connectivity index is 1.24. The van der Waals surface area contributed by atoms with Crippen LogP contribution in [0.2, 0.25) is 0 Å². The van der Waals surface area contributed by atoms with E-state index in [0.717, 1.165) is 54.2 Å². The van der Waals surface area contributed by atoms with Crippen LogP contribution in [0, 0.1) is 6.92 Å². The Morgan fingerprint density at radius 1 is 1.09 bits per heavy atom. The molecule has 5 nitrogen and oxygen atoms in total. The third-order valence-corrected chi connectivity index (χ3v) is 6.68. The smallest absolute Gasteiger partial charge is 0.222 e. The van der Waals surface area contributed by atoms with Crippen LogP contribution in [-0.2, 0) is 11.2 Å². The summed E-state index contributed by atoms with van der Waals surface area (Å²) < 4.78 is 6.83. The Kier molecular flexibility index (Phi) is 7.30. The van der Waals surface area contributed by atoms with Crippen LogP contribution in [0.5, 0.6) is 5.75 Å². The Labute approximate surface area is 198 Å². The number of halogens is 1. The number of ether oxygens (including phenoxy) is 1. The number of hydrogen-bond acceptors (Lipinski definition) is 4. The summed E-state index contributed by atoms with van der Waals surface area (Å²) in [6.45, 7) is 7.89. The molecular formula is C26H30BrN3O2. The van der Waals surface area contributed by atoms with Gasteiger partial charge < -0.3 is 14.5 Å². The number of nitrogens with zero attached hydrogens (tertiary/aromatic N) is 3. The topological polar surface area (TPSA) is 45.7 Å². The molecule has 0 bridgehead atoms. The second kappa shape index (κ2) is 10.3. The first-order valence-corrected chi connectivity index (χ1v) is 12.1. The standard InChI is InChI=1S/C26H30BrN3O2/c1-3-20-10-11-24(22(27)18-20)32-16-6-9-26(31)30-14-12-29(13-15-30)25-17-19(2)21-7-4-5-8-23(21)28-25/h4-5,7-8,10-11,17-18H,3,6,9,12-16H2,1-2H3. The van der Waals surface area contributed by atoms with Gasteiger partial charge in [-0.2, -0.15) is 0 Å². The molecule has 1 aromatic heterocycles. The number of para-hydroxylation sites is 1. The van der Waals surface area contributed by atoms with Crippen molar-refractivity contribution in [3.8, 4) is 5.75 Å². The zero-order valence-corrected chi connectivity index (χ0v) is 20.4. The molecule has 1 amide bonds. The largest absolute Gasteiger partial charge is 0.492 e. The molecule has 1 aliphatic rings. The SMILES string of the molecule is CCc1ccc(OCCCC(=O)N2CCN(c3cc(C)c4ccccc4n3)CC2)c(Br)c1. The van der Waals surface area contributed by atoms with E-state index in [1.54, 1.807) is 0 Å². The Bertz CT molecular complexity index is 1090. The molecule has 2 aromatic carbocycles. The molecule has 0 N–H and O–H groups in total. The van der Waals surface area contributed by atoms with Crippen LogP contribution in [-0.4, -0.2) is 48.6 Å². The number of aryl methyl sites for hydroxylation is 2. The number of piperazine rings is 1. The van der Waals surface area contributed by atoms with Crippen molar-refractivity contribution in [1.82, 2.24) is 9.88 Å². The highest BCUT2D eigenvalue weighted by atomic mass is 79.9. The summed E-state index contributed by atoms with van der Waals surface area (Å²) in [6.07, 6.45) is 2.22. The number of benzene rings is 2. The summed E-state index contributed by atoms with van der Waals surface area (Å²) in [6, 6.07) is 16.6. The lowest BCUT2D eigenvalue weighted by molar-refractivity contribution is -0.131. The maximum atomic E-state index is 12.7. The quantitative estimate of drug-likeness (QED) is 0.413. The van der Waals surface area contributed by atoms with Gasteiger partial charge in [0.2, 0.25) is 5.91 Å². The van der Waals surface area contributed by atoms with E-state index < -0.39 is 0 Å². The maximum absolute atomic E-state index is 12.7. The summed E-state index contributed by atoms with van der Waals surface area (Å²) in [7, 11) is 0. The van der Waals surface area contributed by atoms with Gasteiger partial charge in [-0.1, -0.05) is 31.2 Å². The molecule has 0 saturated carbocycles. The molecular weight excluding hydrogens is 466 g/mol. The van der Waals surface area contributed by atoms with Gasteiger partial charge in [0.05, 0.1) is 16.6 Å². The zero-order valence-electron chi connectivity index (χ0n) is 18.8. The first-order valence-electron chi connectivity index (χ1n) is 11.4. The van der Waals surface area contributed by atoms with Gasteiger partial charge in [0.25, 0.3) is 0 Å². The summed E-state index contributed by atoms with van der Waals surface area (Å²) >= 11 is 3.56. The summed E-state index contributed by atoms with van der Waals surface area (Å²) in [5.41, 5.74) is 3.53.